The highest BCUT2D eigenvalue weighted by Gasteiger charge is 2.07. The highest BCUT2D eigenvalue weighted by molar-refractivity contribution is 5.84. The highest BCUT2D eigenvalue weighted by Crippen LogP contribution is 2.24. The number of aromatic nitrogens is 1. The first-order chi connectivity index (χ1) is 9.66. The fourth-order valence-electron chi connectivity index (χ4n) is 2.13. The van der Waals surface area contributed by atoms with Crippen molar-refractivity contribution in [2.24, 2.45) is 5.92 Å². The molecule has 0 spiro atoms. The molecule has 2 rings (SSSR count). The molecule has 1 heterocycles. The summed E-state index contributed by atoms with van der Waals surface area (Å²) in [7, 11) is 0. The summed E-state index contributed by atoms with van der Waals surface area (Å²) in [6, 6.07) is 10.0. The van der Waals surface area contributed by atoms with E-state index in [9.17, 15) is 0 Å². The average Bonchev–Trinajstić information content (AvgIpc) is 2.44. The molecule has 108 valence electrons. The van der Waals surface area contributed by atoms with Gasteiger partial charge in [0.25, 0.3) is 0 Å². The van der Waals surface area contributed by atoms with E-state index in [-0.39, 0.29) is 6.10 Å². The Morgan fingerprint density at radius 2 is 2.00 bits per heavy atom. The van der Waals surface area contributed by atoms with Gasteiger partial charge in [0.1, 0.15) is 11.9 Å². The van der Waals surface area contributed by atoms with E-state index in [2.05, 4.69) is 37.1 Å². The first-order valence-corrected chi connectivity index (χ1v) is 7.38. The quantitative estimate of drug-likeness (QED) is 0.781. The molecule has 3 heteroatoms. The Bertz CT molecular complexity index is 534. The Kier molecular flexibility index (Phi) is 5.36. The first kappa shape index (κ1) is 14.8. The number of rotatable bonds is 7. The lowest BCUT2D eigenvalue weighted by Crippen LogP contribution is -2.30. The second kappa shape index (κ2) is 7.25. The van der Waals surface area contributed by atoms with Crippen LogP contribution in [-0.2, 0) is 0 Å². The van der Waals surface area contributed by atoms with Gasteiger partial charge in [0.2, 0.25) is 0 Å². The minimum Gasteiger partial charge on any atom is -0.489 e. The van der Waals surface area contributed by atoms with Crippen molar-refractivity contribution in [1.29, 1.82) is 0 Å². The molecule has 0 fully saturated rings. The molecule has 0 saturated heterocycles. The monoisotopic (exact) mass is 272 g/mol. The predicted octanol–water partition coefficient (Wildman–Crippen LogP) is 3.64. The van der Waals surface area contributed by atoms with E-state index in [1.54, 1.807) is 0 Å². The maximum absolute atomic E-state index is 6.03. The SMILES string of the molecule is CC(C)CCNCC(C)Oc1cccc2ncccc12. The van der Waals surface area contributed by atoms with E-state index in [0.717, 1.165) is 35.7 Å². The third kappa shape index (κ3) is 4.20. The number of ether oxygens (including phenoxy) is 1. The summed E-state index contributed by atoms with van der Waals surface area (Å²) in [5.74, 6) is 1.65. The standard InChI is InChI=1S/C17H24N2O/c1-13(2)9-11-18-12-14(3)20-17-8-4-7-16-15(17)6-5-10-19-16/h4-8,10,13-14,18H,9,11-12H2,1-3H3. The third-order valence-electron chi connectivity index (χ3n) is 3.26. The van der Waals surface area contributed by atoms with Crippen molar-refractivity contribution in [2.75, 3.05) is 13.1 Å². The number of hydrogen-bond acceptors (Lipinski definition) is 3. The van der Waals surface area contributed by atoms with Crippen LogP contribution in [0.15, 0.2) is 36.5 Å². The van der Waals surface area contributed by atoms with Crippen LogP contribution in [0.5, 0.6) is 5.75 Å². The summed E-state index contributed by atoms with van der Waals surface area (Å²) in [4.78, 5) is 4.35. The second-order valence-corrected chi connectivity index (χ2v) is 5.64. The van der Waals surface area contributed by atoms with Gasteiger partial charge in [0.05, 0.1) is 5.52 Å². The number of nitrogens with one attached hydrogen (secondary N) is 1. The van der Waals surface area contributed by atoms with Crippen molar-refractivity contribution < 1.29 is 4.74 Å². The van der Waals surface area contributed by atoms with Gasteiger partial charge in [0, 0.05) is 18.1 Å². The van der Waals surface area contributed by atoms with Crippen molar-refractivity contribution in [3.05, 3.63) is 36.5 Å². The topological polar surface area (TPSA) is 34.1 Å². The molecule has 0 bridgehead atoms. The summed E-state index contributed by atoms with van der Waals surface area (Å²) >= 11 is 0. The first-order valence-electron chi connectivity index (χ1n) is 7.38. The molecule has 3 nitrogen and oxygen atoms in total. The summed E-state index contributed by atoms with van der Waals surface area (Å²) in [6.07, 6.45) is 3.15. The van der Waals surface area contributed by atoms with E-state index >= 15 is 0 Å². The van der Waals surface area contributed by atoms with Crippen molar-refractivity contribution in [3.63, 3.8) is 0 Å². The largest absolute Gasteiger partial charge is 0.489 e. The van der Waals surface area contributed by atoms with Crippen LogP contribution >= 0.6 is 0 Å². The Hall–Kier alpha value is -1.61. The van der Waals surface area contributed by atoms with Gasteiger partial charge >= 0.3 is 0 Å². The summed E-state index contributed by atoms with van der Waals surface area (Å²) < 4.78 is 6.03. The molecule has 1 aromatic carbocycles. The van der Waals surface area contributed by atoms with Crippen LogP contribution in [0.1, 0.15) is 27.2 Å². The molecule has 1 unspecified atom stereocenters. The van der Waals surface area contributed by atoms with Crippen molar-refractivity contribution in [1.82, 2.24) is 10.3 Å². The van der Waals surface area contributed by atoms with Gasteiger partial charge in [-0.2, -0.15) is 0 Å². The molecular weight excluding hydrogens is 248 g/mol. The molecule has 20 heavy (non-hydrogen) atoms. The zero-order valence-electron chi connectivity index (χ0n) is 12.6. The number of pyridine rings is 1. The smallest absolute Gasteiger partial charge is 0.129 e. The lowest BCUT2D eigenvalue weighted by molar-refractivity contribution is 0.219. The zero-order valence-corrected chi connectivity index (χ0v) is 12.6. The van der Waals surface area contributed by atoms with E-state index < -0.39 is 0 Å². The average molecular weight is 272 g/mol. The third-order valence-corrected chi connectivity index (χ3v) is 3.26. The number of benzene rings is 1. The van der Waals surface area contributed by atoms with Crippen molar-refractivity contribution >= 4 is 10.9 Å². The van der Waals surface area contributed by atoms with E-state index in [0.29, 0.717) is 0 Å². The van der Waals surface area contributed by atoms with Gasteiger partial charge < -0.3 is 10.1 Å². The van der Waals surface area contributed by atoms with Crippen molar-refractivity contribution in [2.45, 2.75) is 33.3 Å². The van der Waals surface area contributed by atoms with Crippen LogP contribution in [0.3, 0.4) is 0 Å². The molecule has 2 aromatic rings. The fourth-order valence-corrected chi connectivity index (χ4v) is 2.13. The van der Waals surface area contributed by atoms with Crippen LogP contribution in [0.2, 0.25) is 0 Å². The molecule has 0 aliphatic rings. The summed E-state index contributed by atoms with van der Waals surface area (Å²) in [6.45, 7) is 8.48. The fraction of sp³-hybridized carbons (Fsp3) is 0.471. The molecule has 1 N–H and O–H groups in total. The summed E-state index contributed by atoms with van der Waals surface area (Å²) in [5, 5.41) is 4.52. The molecular formula is C17H24N2O. The van der Waals surface area contributed by atoms with Crippen LogP contribution in [0.25, 0.3) is 10.9 Å². The minimum absolute atomic E-state index is 0.146. The number of nitrogens with zero attached hydrogens (tertiary/aromatic N) is 1. The Labute approximate surface area is 121 Å². The molecule has 0 aliphatic carbocycles. The van der Waals surface area contributed by atoms with Gasteiger partial charge in [-0.1, -0.05) is 19.9 Å². The van der Waals surface area contributed by atoms with Crippen LogP contribution in [0, 0.1) is 5.92 Å². The maximum Gasteiger partial charge on any atom is 0.129 e. The van der Waals surface area contributed by atoms with Crippen LogP contribution in [0.4, 0.5) is 0 Å². The molecule has 1 aromatic heterocycles. The Morgan fingerprint density at radius 3 is 2.80 bits per heavy atom. The van der Waals surface area contributed by atoms with Gasteiger partial charge in [0.15, 0.2) is 0 Å². The van der Waals surface area contributed by atoms with E-state index in [1.165, 1.54) is 6.42 Å². The lowest BCUT2D eigenvalue weighted by Gasteiger charge is -2.17. The van der Waals surface area contributed by atoms with Crippen molar-refractivity contribution in [3.8, 4) is 5.75 Å². The lowest BCUT2D eigenvalue weighted by atomic mass is 10.1. The van der Waals surface area contributed by atoms with Crippen LogP contribution < -0.4 is 10.1 Å². The van der Waals surface area contributed by atoms with Gasteiger partial charge in [-0.25, -0.2) is 0 Å². The second-order valence-electron chi connectivity index (χ2n) is 5.64. The zero-order chi connectivity index (χ0) is 14.4. The summed E-state index contributed by atoms with van der Waals surface area (Å²) in [5.41, 5.74) is 0.977. The predicted molar refractivity (Wildman–Crippen MR) is 84.2 cm³/mol. The molecule has 0 aliphatic heterocycles. The van der Waals surface area contributed by atoms with Gasteiger partial charge in [-0.3, -0.25) is 4.98 Å². The molecule has 0 radical (unpaired) electrons. The minimum atomic E-state index is 0.146. The maximum atomic E-state index is 6.03. The Morgan fingerprint density at radius 1 is 1.15 bits per heavy atom. The molecule has 0 saturated carbocycles. The van der Waals surface area contributed by atoms with E-state index in [1.807, 2.05) is 30.5 Å². The normalized spacial score (nSPS) is 12.8. The molecule has 0 amide bonds. The van der Waals surface area contributed by atoms with Crippen LogP contribution in [-0.4, -0.2) is 24.2 Å². The number of hydrogen-bond donors (Lipinski definition) is 1. The molecule has 1 atom stereocenters. The van der Waals surface area contributed by atoms with Gasteiger partial charge in [-0.05, 0) is 50.1 Å². The highest BCUT2D eigenvalue weighted by atomic mass is 16.5. The van der Waals surface area contributed by atoms with E-state index in [4.69, 9.17) is 4.74 Å². The Balaban J connectivity index is 1.91. The van der Waals surface area contributed by atoms with Gasteiger partial charge in [-0.15, -0.1) is 0 Å². The number of fused-ring (bicyclic) bond motifs is 1.